The third kappa shape index (κ3) is 3.35. The van der Waals surface area contributed by atoms with E-state index >= 15 is 0 Å². The van der Waals surface area contributed by atoms with Gasteiger partial charge in [0.05, 0.1) is 0 Å². The Kier molecular flexibility index (Phi) is 4.66. The Morgan fingerprint density at radius 1 is 1.29 bits per heavy atom. The summed E-state index contributed by atoms with van der Waals surface area (Å²) in [6, 6.07) is 1.01. The predicted molar refractivity (Wildman–Crippen MR) is 69.1 cm³/mol. The third-order valence-electron chi connectivity index (χ3n) is 4.01. The smallest absolute Gasteiger partial charge is 0.317 e. The average molecular weight is 239 g/mol. The maximum Gasteiger partial charge on any atom is 0.317 e. The molecule has 2 N–H and O–H groups in total. The van der Waals surface area contributed by atoms with Crippen LogP contribution in [0.3, 0.4) is 0 Å². The van der Waals surface area contributed by atoms with Crippen LogP contribution in [-0.2, 0) is 0 Å². The summed E-state index contributed by atoms with van der Waals surface area (Å²) in [5, 5.41) is 6.25. The molecular weight excluding hydrogens is 214 g/mol. The first-order valence-corrected chi connectivity index (χ1v) is 7.03. The number of nitrogens with one attached hydrogen (secondary N) is 2. The van der Waals surface area contributed by atoms with Crippen LogP contribution in [0, 0.1) is 0 Å². The Hall–Kier alpha value is -0.770. The van der Waals surface area contributed by atoms with Crippen LogP contribution in [-0.4, -0.2) is 43.2 Å². The largest absolute Gasteiger partial charge is 0.333 e. The molecule has 0 aromatic carbocycles. The van der Waals surface area contributed by atoms with Crippen molar-refractivity contribution in [2.24, 2.45) is 0 Å². The summed E-state index contributed by atoms with van der Waals surface area (Å²) in [5.74, 6) is 0. The van der Waals surface area contributed by atoms with Crippen LogP contribution in [0.5, 0.6) is 0 Å². The molecule has 2 rings (SSSR count). The molecule has 2 aliphatic rings. The number of hydrogen-bond donors (Lipinski definition) is 2. The maximum atomic E-state index is 12.0. The van der Waals surface area contributed by atoms with Crippen molar-refractivity contribution >= 4 is 6.03 Å². The van der Waals surface area contributed by atoms with Crippen LogP contribution in [0.15, 0.2) is 0 Å². The van der Waals surface area contributed by atoms with Crippen molar-refractivity contribution in [2.75, 3.05) is 20.1 Å². The second kappa shape index (κ2) is 6.24. The Balaban J connectivity index is 1.85. The van der Waals surface area contributed by atoms with E-state index in [2.05, 4.69) is 15.5 Å². The lowest BCUT2D eigenvalue weighted by molar-refractivity contribution is 0.190. The van der Waals surface area contributed by atoms with Gasteiger partial charge < -0.3 is 15.5 Å². The van der Waals surface area contributed by atoms with E-state index < -0.39 is 0 Å². The molecule has 0 aromatic heterocycles. The van der Waals surface area contributed by atoms with E-state index in [1.807, 2.05) is 7.05 Å². The van der Waals surface area contributed by atoms with Gasteiger partial charge >= 0.3 is 6.03 Å². The SMILES string of the molecule is CNCCC1CN(C2CCCCCC2)C(=O)N1. The second-order valence-corrected chi connectivity index (χ2v) is 5.34. The minimum atomic E-state index is 0.165. The quantitative estimate of drug-likeness (QED) is 0.734. The first-order chi connectivity index (χ1) is 8.31. The normalized spacial score (nSPS) is 27.0. The monoisotopic (exact) mass is 239 g/mol. The summed E-state index contributed by atoms with van der Waals surface area (Å²) in [5.41, 5.74) is 0. The van der Waals surface area contributed by atoms with Crippen molar-refractivity contribution in [2.45, 2.75) is 57.0 Å². The second-order valence-electron chi connectivity index (χ2n) is 5.34. The van der Waals surface area contributed by atoms with Gasteiger partial charge in [0, 0.05) is 18.6 Å². The molecule has 1 atom stereocenters. The number of rotatable bonds is 4. The topological polar surface area (TPSA) is 44.4 Å². The highest BCUT2D eigenvalue weighted by Crippen LogP contribution is 2.24. The molecule has 0 bridgehead atoms. The fourth-order valence-electron chi connectivity index (χ4n) is 2.99. The van der Waals surface area contributed by atoms with Gasteiger partial charge in [-0.2, -0.15) is 0 Å². The third-order valence-corrected chi connectivity index (χ3v) is 4.01. The van der Waals surface area contributed by atoms with Crippen LogP contribution >= 0.6 is 0 Å². The van der Waals surface area contributed by atoms with Crippen molar-refractivity contribution in [3.05, 3.63) is 0 Å². The highest BCUT2D eigenvalue weighted by molar-refractivity contribution is 5.77. The minimum Gasteiger partial charge on any atom is -0.333 e. The first kappa shape index (κ1) is 12.7. The molecular formula is C13H25N3O. The molecule has 1 unspecified atom stereocenters. The number of carbonyl (C=O) groups excluding carboxylic acids is 1. The molecule has 1 aliphatic carbocycles. The fraction of sp³-hybridized carbons (Fsp3) is 0.923. The van der Waals surface area contributed by atoms with Crippen molar-refractivity contribution in [3.8, 4) is 0 Å². The van der Waals surface area contributed by atoms with E-state index in [1.54, 1.807) is 0 Å². The van der Waals surface area contributed by atoms with E-state index in [-0.39, 0.29) is 6.03 Å². The summed E-state index contributed by atoms with van der Waals surface area (Å²) in [6.45, 7) is 1.88. The Bertz CT molecular complexity index is 249. The van der Waals surface area contributed by atoms with Crippen molar-refractivity contribution in [1.29, 1.82) is 0 Å². The lowest BCUT2D eigenvalue weighted by Crippen LogP contribution is -2.37. The van der Waals surface area contributed by atoms with Crippen LogP contribution in [0.1, 0.15) is 44.9 Å². The van der Waals surface area contributed by atoms with E-state index in [9.17, 15) is 4.79 Å². The molecule has 2 fully saturated rings. The molecule has 17 heavy (non-hydrogen) atoms. The Morgan fingerprint density at radius 3 is 2.65 bits per heavy atom. The van der Waals surface area contributed by atoms with Crippen LogP contribution in [0.4, 0.5) is 4.79 Å². The molecule has 0 aromatic rings. The van der Waals surface area contributed by atoms with Crippen molar-refractivity contribution < 1.29 is 4.79 Å². The average Bonchev–Trinajstić information content (AvgIpc) is 2.56. The van der Waals surface area contributed by atoms with Gasteiger partial charge in [-0.25, -0.2) is 4.79 Å². The highest BCUT2D eigenvalue weighted by Gasteiger charge is 2.33. The van der Waals surface area contributed by atoms with Crippen LogP contribution in [0.2, 0.25) is 0 Å². The van der Waals surface area contributed by atoms with Crippen molar-refractivity contribution in [3.63, 3.8) is 0 Å². The molecule has 4 nitrogen and oxygen atoms in total. The Morgan fingerprint density at radius 2 is 2.00 bits per heavy atom. The number of hydrogen-bond acceptors (Lipinski definition) is 2. The molecule has 4 heteroatoms. The highest BCUT2D eigenvalue weighted by atomic mass is 16.2. The van der Waals surface area contributed by atoms with Crippen molar-refractivity contribution in [1.82, 2.24) is 15.5 Å². The summed E-state index contributed by atoms with van der Waals surface area (Å²) >= 11 is 0. The van der Waals surface area contributed by atoms with Gasteiger partial charge in [0.1, 0.15) is 0 Å². The summed E-state index contributed by atoms with van der Waals surface area (Å²) in [7, 11) is 1.96. The molecule has 0 radical (unpaired) electrons. The Labute approximate surface area is 104 Å². The predicted octanol–water partition coefficient (Wildman–Crippen LogP) is 1.71. The summed E-state index contributed by atoms with van der Waals surface area (Å²) < 4.78 is 0. The number of urea groups is 1. The van der Waals surface area contributed by atoms with Gasteiger partial charge in [-0.1, -0.05) is 25.7 Å². The molecule has 98 valence electrons. The van der Waals surface area contributed by atoms with Crippen LogP contribution < -0.4 is 10.6 Å². The zero-order valence-corrected chi connectivity index (χ0v) is 10.9. The van der Waals surface area contributed by atoms with Gasteiger partial charge in [0.15, 0.2) is 0 Å². The molecule has 0 spiro atoms. The van der Waals surface area contributed by atoms with Gasteiger partial charge in [-0.15, -0.1) is 0 Å². The number of nitrogens with zero attached hydrogens (tertiary/aromatic N) is 1. The lowest BCUT2D eigenvalue weighted by Gasteiger charge is -2.25. The van der Waals surface area contributed by atoms with E-state index in [0.717, 1.165) is 19.5 Å². The van der Waals surface area contributed by atoms with Gasteiger partial charge in [0.2, 0.25) is 0 Å². The zero-order chi connectivity index (χ0) is 12.1. The molecule has 2 amide bonds. The zero-order valence-electron chi connectivity index (χ0n) is 10.9. The van der Waals surface area contributed by atoms with Gasteiger partial charge in [-0.05, 0) is 32.9 Å². The minimum absolute atomic E-state index is 0.165. The molecule has 1 saturated heterocycles. The van der Waals surface area contributed by atoms with E-state index in [1.165, 1.54) is 38.5 Å². The first-order valence-electron chi connectivity index (χ1n) is 7.03. The molecule has 1 saturated carbocycles. The standard InChI is InChI=1S/C13H25N3O/c1-14-9-8-11-10-16(13(17)15-11)12-6-4-2-3-5-7-12/h11-12,14H,2-10H2,1H3,(H,15,17). The van der Waals surface area contributed by atoms with Crippen LogP contribution in [0.25, 0.3) is 0 Å². The summed E-state index contributed by atoms with van der Waals surface area (Å²) in [6.07, 6.45) is 8.69. The molecule has 1 heterocycles. The van der Waals surface area contributed by atoms with E-state index in [4.69, 9.17) is 0 Å². The van der Waals surface area contributed by atoms with Gasteiger partial charge in [-0.3, -0.25) is 0 Å². The number of amides is 2. The molecule has 1 aliphatic heterocycles. The fourth-order valence-corrected chi connectivity index (χ4v) is 2.99. The number of carbonyl (C=O) groups is 1. The maximum absolute atomic E-state index is 12.0. The van der Waals surface area contributed by atoms with E-state index in [0.29, 0.717) is 12.1 Å². The lowest BCUT2D eigenvalue weighted by atomic mass is 10.1. The summed E-state index contributed by atoms with van der Waals surface area (Å²) in [4.78, 5) is 14.0. The van der Waals surface area contributed by atoms with Gasteiger partial charge in [0.25, 0.3) is 0 Å².